The highest BCUT2D eigenvalue weighted by Gasteiger charge is 2.60. The molecule has 3 aliphatic rings. The fourth-order valence-corrected chi connectivity index (χ4v) is 5.12. The summed E-state index contributed by atoms with van der Waals surface area (Å²) in [5.74, 6) is -1.19. The van der Waals surface area contributed by atoms with E-state index in [0.29, 0.717) is 23.5 Å². The summed E-state index contributed by atoms with van der Waals surface area (Å²) in [5.41, 5.74) is -0.890. The molecule has 5 heteroatoms. The first-order valence-corrected chi connectivity index (χ1v) is 9.17. The van der Waals surface area contributed by atoms with Gasteiger partial charge in [0.25, 0.3) is 0 Å². The minimum absolute atomic E-state index is 0.0489. The average molecular weight is 350 g/mol. The molecule has 25 heavy (non-hydrogen) atoms. The number of rotatable bonds is 1. The lowest BCUT2D eigenvalue weighted by Crippen LogP contribution is -2.51. The molecular weight excluding hydrogens is 320 g/mol. The Labute approximate surface area is 149 Å². The summed E-state index contributed by atoms with van der Waals surface area (Å²) in [6.07, 6.45) is 2.33. The van der Waals surface area contributed by atoms with Crippen molar-refractivity contribution >= 4 is 5.78 Å². The van der Waals surface area contributed by atoms with Crippen LogP contribution in [0.1, 0.15) is 40.5 Å². The molecule has 140 valence electrons. The molecule has 2 saturated carbocycles. The standard InChI is InChI=1S/C20H30O5/c1-10-7-14-13(19(14,3)4)6-5-12(9-21)17(23)15-16(22)11(2)8-20(15,25)18(10)24/h5,7,11,13-17,21-23,25H,6,8-9H2,1-4H3/b10-7-,12-5-. The minimum Gasteiger partial charge on any atom is -0.392 e. The van der Waals surface area contributed by atoms with Crippen LogP contribution in [-0.4, -0.2) is 50.6 Å². The molecule has 0 heterocycles. The monoisotopic (exact) mass is 350 g/mol. The van der Waals surface area contributed by atoms with E-state index in [1.54, 1.807) is 13.8 Å². The summed E-state index contributed by atoms with van der Waals surface area (Å²) in [5, 5.41) is 42.3. The number of carbonyl (C=O) groups is 1. The van der Waals surface area contributed by atoms with Crippen molar-refractivity contribution in [3.63, 3.8) is 0 Å². The second-order valence-corrected chi connectivity index (χ2v) is 8.87. The highest BCUT2D eigenvalue weighted by molar-refractivity contribution is 6.02. The lowest BCUT2D eigenvalue weighted by Gasteiger charge is -2.34. The minimum atomic E-state index is -1.81. The van der Waals surface area contributed by atoms with E-state index < -0.39 is 29.5 Å². The van der Waals surface area contributed by atoms with Crippen LogP contribution in [0.25, 0.3) is 0 Å². The summed E-state index contributed by atoms with van der Waals surface area (Å²) in [6.45, 7) is 7.41. The third-order valence-electron chi connectivity index (χ3n) is 6.99. The van der Waals surface area contributed by atoms with Gasteiger partial charge in [0.2, 0.25) is 0 Å². The molecule has 0 spiro atoms. The van der Waals surface area contributed by atoms with E-state index in [-0.39, 0.29) is 30.3 Å². The van der Waals surface area contributed by atoms with Gasteiger partial charge in [-0.1, -0.05) is 32.9 Å². The fourth-order valence-electron chi connectivity index (χ4n) is 5.12. The van der Waals surface area contributed by atoms with Gasteiger partial charge in [0.15, 0.2) is 5.78 Å². The van der Waals surface area contributed by atoms with E-state index in [0.717, 1.165) is 0 Å². The molecule has 7 unspecified atom stereocenters. The maximum Gasteiger partial charge on any atom is 0.190 e. The van der Waals surface area contributed by atoms with Crippen molar-refractivity contribution in [2.24, 2.45) is 29.1 Å². The van der Waals surface area contributed by atoms with E-state index in [4.69, 9.17) is 0 Å². The molecule has 0 aliphatic heterocycles. The molecule has 0 amide bonds. The van der Waals surface area contributed by atoms with Crippen molar-refractivity contribution in [2.45, 2.75) is 58.3 Å². The Morgan fingerprint density at radius 1 is 1.28 bits per heavy atom. The summed E-state index contributed by atoms with van der Waals surface area (Å²) < 4.78 is 0. The van der Waals surface area contributed by atoms with E-state index in [1.165, 1.54) is 0 Å². The number of aliphatic hydroxyl groups excluding tert-OH is 3. The number of aliphatic hydroxyl groups is 4. The Morgan fingerprint density at radius 2 is 1.92 bits per heavy atom. The van der Waals surface area contributed by atoms with Crippen LogP contribution in [0.3, 0.4) is 0 Å². The van der Waals surface area contributed by atoms with Crippen molar-refractivity contribution in [3.05, 3.63) is 23.3 Å². The molecule has 4 N–H and O–H groups in total. The summed E-state index contributed by atoms with van der Waals surface area (Å²) in [6, 6.07) is 0. The molecule has 0 bridgehead atoms. The van der Waals surface area contributed by atoms with Gasteiger partial charge in [-0.15, -0.1) is 0 Å². The van der Waals surface area contributed by atoms with E-state index in [1.807, 2.05) is 12.2 Å². The Balaban J connectivity index is 2.10. The first kappa shape index (κ1) is 18.8. The molecular formula is C20H30O5. The van der Waals surface area contributed by atoms with Crippen LogP contribution in [0.2, 0.25) is 0 Å². The van der Waals surface area contributed by atoms with E-state index >= 15 is 0 Å². The fraction of sp³-hybridized carbons (Fsp3) is 0.750. The predicted molar refractivity (Wildman–Crippen MR) is 93.5 cm³/mol. The van der Waals surface area contributed by atoms with Crippen LogP contribution in [0.4, 0.5) is 0 Å². The summed E-state index contributed by atoms with van der Waals surface area (Å²) >= 11 is 0. The zero-order valence-corrected chi connectivity index (χ0v) is 15.4. The third kappa shape index (κ3) is 2.72. The van der Waals surface area contributed by atoms with Gasteiger partial charge in [-0.25, -0.2) is 0 Å². The van der Waals surface area contributed by atoms with Gasteiger partial charge in [-0.05, 0) is 54.1 Å². The lowest BCUT2D eigenvalue weighted by atomic mass is 9.77. The quantitative estimate of drug-likeness (QED) is 0.533. The Kier molecular flexibility index (Phi) is 4.52. The molecule has 0 aromatic heterocycles. The normalized spacial score (nSPS) is 50.6. The van der Waals surface area contributed by atoms with Crippen molar-refractivity contribution in [1.29, 1.82) is 0 Å². The van der Waals surface area contributed by atoms with Gasteiger partial charge in [0.1, 0.15) is 5.60 Å². The Hall–Kier alpha value is -1.01. The Bertz CT molecular complexity index is 634. The number of Topliss-reactive ketones (excluding diaryl/α,β-unsaturated/α-hetero) is 1. The predicted octanol–water partition coefficient (Wildman–Crippen LogP) is 1.21. The number of allylic oxidation sites excluding steroid dienone is 2. The largest absolute Gasteiger partial charge is 0.392 e. The Morgan fingerprint density at radius 3 is 2.52 bits per heavy atom. The van der Waals surface area contributed by atoms with Gasteiger partial charge >= 0.3 is 0 Å². The molecule has 3 aliphatic carbocycles. The zero-order chi connectivity index (χ0) is 18.7. The van der Waals surface area contributed by atoms with Crippen molar-refractivity contribution < 1.29 is 25.2 Å². The summed E-state index contributed by atoms with van der Waals surface area (Å²) in [4.78, 5) is 13.1. The number of hydrogen-bond acceptors (Lipinski definition) is 5. The average Bonchev–Trinajstić information content (AvgIpc) is 2.94. The van der Waals surface area contributed by atoms with Gasteiger partial charge < -0.3 is 20.4 Å². The molecule has 7 atom stereocenters. The molecule has 0 aromatic rings. The number of fused-ring (bicyclic) bond motifs is 2. The molecule has 5 nitrogen and oxygen atoms in total. The SMILES string of the molecule is C/C1=C/C2C(C/C=C(/CO)C(O)C3C(O)C(C)CC3(O)C1=O)C2(C)C. The molecule has 3 rings (SSSR count). The molecule has 0 radical (unpaired) electrons. The highest BCUT2D eigenvalue weighted by Crippen LogP contribution is 2.61. The number of ketones is 1. The molecule has 0 saturated heterocycles. The first-order valence-electron chi connectivity index (χ1n) is 9.17. The lowest BCUT2D eigenvalue weighted by molar-refractivity contribution is -0.144. The van der Waals surface area contributed by atoms with Crippen LogP contribution in [-0.2, 0) is 4.79 Å². The van der Waals surface area contributed by atoms with Crippen LogP contribution in [0.15, 0.2) is 23.3 Å². The van der Waals surface area contributed by atoms with Gasteiger partial charge in [0.05, 0.1) is 24.7 Å². The maximum atomic E-state index is 13.1. The van der Waals surface area contributed by atoms with Crippen molar-refractivity contribution in [1.82, 2.24) is 0 Å². The second kappa shape index (κ2) is 6.02. The van der Waals surface area contributed by atoms with E-state index in [9.17, 15) is 25.2 Å². The highest BCUT2D eigenvalue weighted by atomic mass is 16.3. The molecule has 2 fully saturated rings. The van der Waals surface area contributed by atoms with Crippen LogP contribution >= 0.6 is 0 Å². The molecule has 0 aromatic carbocycles. The first-order chi connectivity index (χ1) is 11.6. The van der Waals surface area contributed by atoms with Crippen LogP contribution < -0.4 is 0 Å². The third-order valence-corrected chi connectivity index (χ3v) is 6.99. The number of hydrogen-bond donors (Lipinski definition) is 4. The van der Waals surface area contributed by atoms with E-state index in [2.05, 4.69) is 13.8 Å². The maximum absolute atomic E-state index is 13.1. The van der Waals surface area contributed by atoms with Crippen molar-refractivity contribution in [2.75, 3.05) is 6.61 Å². The van der Waals surface area contributed by atoms with Crippen LogP contribution in [0.5, 0.6) is 0 Å². The second-order valence-electron chi connectivity index (χ2n) is 8.87. The van der Waals surface area contributed by atoms with Gasteiger partial charge in [-0.2, -0.15) is 0 Å². The smallest absolute Gasteiger partial charge is 0.190 e. The number of carbonyl (C=O) groups excluding carboxylic acids is 1. The van der Waals surface area contributed by atoms with Crippen molar-refractivity contribution in [3.8, 4) is 0 Å². The topological polar surface area (TPSA) is 98.0 Å². The summed E-state index contributed by atoms with van der Waals surface area (Å²) in [7, 11) is 0. The van der Waals surface area contributed by atoms with Gasteiger partial charge in [0, 0.05) is 0 Å². The van der Waals surface area contributed by atoms with Crippen LogP contribution in [0, 0.1) is 29.1 Å². The zero-order valence-electron chi connectivity index (χ0n) is 15.4. The van der Waals surface area contributed by atoms with Gasteiger partial charge in [-0.3, -0.25) is 4.79 Å².